The Morgan fingerprint density at radius 1 is 1.64 bits per heavy atom. The molecule has 62 valence electrons. The summed E-state index contributed by atoms with van der Waals surface area (Å²) in [4.78, 5) is 0. The lowest BCUT2D eigenvalue weighted by Crippen LogP contribution is -2.15. The summed E-state index contributed by atoms with van der Waals surface area (Å²) in [5.41, 5.74) is 0. The van der Waals surface area contributed by atoms with Gasteiger partial charge in [0.2, 0.25) is 0 Å². The first-order chi connectivity index (χ1) is 5.11. The molecule has 1 saturated heterocycles. The third kappa shape index (κ3) is 1.80. The minimum Gasteiger partial charge on any atom is -0.294 e. The lowest BCUT2D eigenvalue weighted by Gasteiger charge is -2.03. The maximum Gasteiger partial charge on any atom is 0.390 e. The molecule has 3 nitrogen and oxygen atoms in total. The monoisotopic (exact) mass is 192 g/mol. The van der Waals surface area contributed by atoms with Gasteiger partial charge in [0.25, 0.3) is 0 Å². The fourth-order valence-corrected chi connectivity index (χ4v) is 3.21. The van der Waals surface area contributed by atoms with E-state index in [2.05, 4.69) is 5.92 Å². The summed E-state index contributed by atoms with van der Waals surface area (Å²) < 4.78 is 21.5. The molecule has 1 rings (SSSR count). The minimum absolute atomic E-state index is 0.265. The molecule has 0 aromatic heterocycles. The van der Waals surface area contributed by atoms with Crippen molar-refractivity contribution in [2.24, 2.45) is 0 Å². The molecule has 11 heavy (non-hydrogen) atoms. The van der Waals surface area contributed by atoms with E-state index in [0.717, 1.165) is 11.4 Å². The molecule has 0 aromatic rings. The van der Waals surface area contributed by atoms with Crippen molar-refractivity contribution in [1.29, 1.82) is 0 Å². The van der Waals surface area contributed by atoms with Crippen molar-refractivity contribution in [3.8, 4) is 12.3 Å². The number of hydrogen-bond acceptors (Lipinski definition) is 4. The van der Waals surface area contributed by atoms with Crippen molar-refractivity contribution in [2.75, 3.05) is 6.26 Å². The van der Waals surface area contributed by atoms with Gasteiger partial charge < -0.3 is 0 Å². The van der Waals surface area contributed by atoms with Crippen LogP contribution in [0.5, 0.6) is 0 Å². The third-order valence-electron chi connectivity index (χ3n) is 1.35. The molecule has 3 atom stereocenters. The third-order valence-corrected chi connectivity index (χ3v) is 4.73. The van der Waals surface area contributed by atoms with Gasteiger partial charge in [-0.3, -0.25) is 9.05 Å². The molecule has 0 bridgehead atoms. The van der Waals surface area contributed by atoms with E-state index in [9.17, 15) is 4.57 Å². The second-order valence-electron chi connectivity index (χ2n) is 2.13. The Hall–Kier alpha value is 0.0600. The fraction of sp³-hybridized carbons (Fsp3) is 0.667. The Balaban J connectivity index is 2.72. The Morgan fingerprint density at radius 2 is 2.27 bits per heavy atom. The largest absolute Gasteiger partial charge is 0.390 e. The molecule has 0 spiro atoms. The van der Waals surface area contributed by atoms with Crippen molar-refractivity contribution < 1.29 is 13.6 Å². The predicted molar refractivity (Wildman–Crippen MR) is 45.4 cm³/mol. The average molecular weight is 192 g/mol. The second-order valence-corrected chi connectivity index (χ2v) is 6.25. The van der Waals surface area contributed by atoms with Crippen molar-refractivity contribution in [2.45, 2.75) is 19.1 Å². The van der Waals surface area contributed by atoms with Crippen LogP contribution in [-0.2, 0) is 13.6 Å². The van der Waals surface area contributed by atoms with Crippen LogP contribution >= 0.6 is 18.2 Å². The standard InChI is InChI=1S/C6H9O3PS/c1-4-6-5(2)8-10(7,9-6)11-3/h1,5-6H,2-3H3. The highest BCUT2D eigenvalue weighted by Crippen LogP contribution is 2.65. The van der Waals surface area contributed by atoms with Gasteiger partial charge in [0.15, 0.2) is 6.10 Å². The zero-order valence-electron chi connectivity index (χ0n) is 6.31. The summed E-state index contributed by atoms with van der Waals surface area (Å²) >= 11 is 1.07. The molecular formula is C6H9O3PS. The van der Waals surface area contributed by atoms with Gasteiger partial charge in [0.05, 0.1) is 0 Å². The Labute approximate surface area is 70.1 Å². The van der Waals surface area contributed by atoms with Gasteiger partial charge in [-0.05, 0) is 24.6 Å². The van der Waals surface area contributed by atoms with E-state index in [0.29, 0.717) is 0 Å². The number of rotatable bonds is 1. The van der Waals surface area contributed by atoms with Crippen LogP contribution in [-0.4, -0.2) is 18.5 Å². The van der Waals surface area contributed by atoms with Gasteiger partial charge in [0.1, 0.15) is 6.10 Å². The smallest absolute Gasteiger partial charge is 0.294 e. The molecule has 1 aliphatic heterocycles. The molecule has 0 aromatic carbocycles. The minimum atomic E-state index is -2.91. The van der Waals surface area contributed by atoms with E-state index in [4.69, 9.17) is 15.5 Å². The van der Waals surface area contributed by atoms with Gasteiger partial charge in [-0.2, -0.15) is 0 Å². The maximum absolute atomic E-state index is 11.4. The Morgan fingerprint density at radius 3 is 2.55 bits per heavy atom. The fourth-order valence-electron chi connectivity index (χ4n) is 0.761. The molecule has 1 aliphatic rings. The van der Waals surface area contributed by atoms with Crippen LogP contribution in [0.1, 0.15) is 6.92 Å². The van der Waals surface area contributed by atoms with Crippen LogP contribution in [0.4, 0.5) is 0 Å². The zero-order valence-corrected chi connectivity index (χ0v) is 8.02. The molecule has 0 N–H and O–H groups in total. The molecule has 5 heteroatoms. The topological polar surface area (TPSA) is 35.5 Å². The van der Waals surface area contributed by atoms with Gasteiger partial charge in [-0.15, -0.1) is 6.42 Å². The molecule has 0 amide bonds. The van der Waals surface area contributed by atoms with Gasteiger partial charge in [0, 0.05) is 0 Å². The van der Waals surface area contributed by atoms with Crippen molar-refractivity contribution in [1.82, 2.24) is 0 Å². The summed E-state index contributed by atoms with van der Waals surface area (Å²) in [7, 11) is 0. The SMILES string of the molecule is C#CC1OP(=O)(SC)OC1C. The van der Waals surface area contributed by atoms with Crippen molar-refractivity contribution in [3.63, 3.8) is 0 Å². The zero-order chi connectivity index (χ0) is 8.48. The molecule has 0 aliphatic carbocycles. The predicted octanol–water partition coefficient (Wildman–Crippen LogP) is 1.89. The molecule has 1 fully saturated rings. The first-order valence-electron chi connectivity index (χ1n) is 3.10. The summed E-state index contributed by atoms with van der Waals surface area (Å²) in [6.07, 6.45) is 6.06. The average Bonchev–Trinajstić information content (AvgIpc) is 2.27. The first-order valence-corrected chi connectivity index (χ1v) is 6.47. The van der Waals surface area contributed by atoms with E-state index in [1.807, 2.05) is 0 Å². The van der Waals surface area contributed by atoms with Crippen LogP contribution in [0.15, 0.2) is 0 Å². The lowest BCUT2D eigenvalue weighted by atomic mass is 10.2. The van der Waals surface area contributed by atoms with Crippen molar-refractivity contribution in [3.05, 3.63) is 0 Å². The lowest BCUT2D eigenvalue weighted by molar-refractivity contribution is 0.217. The van der Waals surface area contributed by atoms with Crippen LogP contribution in [0.2, 0.25) is 0 Å². The first kappa shape index (κ1) is 9.15. The molecule has 1 heterocycles. The Kier molecular flexibility index (Phi) is 2.66. The van der Waals surface area contributed by atoms with E-state index >= 15 is 0 Å². The van der Waals surface area contributed by atoms with Gasteiger partial charge in [-0.25, -0.2) is 4.57 Å². The summed E-state index contributed by atoms with van der Waals surface area (Å²) in [5, 5.41) is 0. The summed E-state index contributed by atoms with van der Waals surface area (Å²) in [6.45, 7) is -1.16. The number of terminal acetylenes is 1. The highest BCUT2D eigenvalue weighted by Gasteiger charge is 2.40. The molecule has 0 radical (unpaired) electrons. The van der Waals surface area contributed by atoms with Crippen molar-refractivity contribution >= 4 is 18.2 Å². The van der Waals surface area contributed by atoms with Crippen LogP contribution in [0.3, 0.4) is 0 Å². The number of hydrogen-bond donors (Lipinski definition) is 0. The highest BCUT2D eigenvalue weighted by atomic mass is 32.7. The van der Waals surface area contributed by atoms with Crippen LogP contribution in [0, 0.1) is 12.3 Å². The molecule has 3 unspecified atom stereocenters. The normalized spacial score (nSPS) is 43.7. The summed E-state index contributed by atoms with van der Waals surface area (Å²) in [5.74, 6) is 2.37. The van der Waals surface area contributed by atoms with Gasteiger partial charge in [-0.1, -0.05) is 5.92 Å². The van der Waals surface area contributed by atoms with Crippen LogP contribution < -0.4 is 0 Å². The molecule has 0 saturated carbocycles. The Bertz CT molecular complexity index is 234. The van der Waals surface area contributed by atoms with E-state index in [-0.39, 0.29) is 6.10 Å². The molecular weight excluding hydrogens is 183 g/mol. The van der Waals surface area contributed by atoms with Gasteiger partial charge >= 0.3 is 6.80 Å². The highest BCUT2D eigenvalue weighted by molar-refractivity contribution is 8.54. The second kappa shape index (κ2) is 3.20. The maximum atomic E-state index is 11.4. The van der Waals surface area contributed by atoms with E-state index < -0.39 is 12.9 Å². The summed E-state index contributed by atoms with van der Waals surface area (Å²) in [6, 6.07) is 0. The van der Waals surface area contributed by atoms with Crippen LogP contribution in [0.25, 0.3) is 0 Å². The van der Waals surface area contributed by atoms with E-state index in [1.165, 1.54) is 0 Å². The van der Waals surface area contributed by atoms with E-state index in [1.54, 1.807) is 13.2 Å². The quantitative estimate of drug-likeness (QED) is 0.469.